The molecule has 2 heterocycles. The summed E-state index contributed by atoms with van der Waals surface area (Å²) in [5.41, 5.74) is 5.63. The zero-order valence-corrected chi connectivity index (χ0v) is 13.7. The average Bonchev–Trinajstić information content (AvgIpc) is 3.10. The molecule has 1 saturated heterocycles. The highest BCUT2D eigenvalue weighted by molar-refractivity contribution is 7.91. The van der Waals surface area contributed by atoms with Gasteiger partial charge in [-0.15, -0.1) is 0 Å². The van der Waals surface area contributed by atoms with Gasteiger partial charge in [-0.2, -0.15) is 5.10 Å². The molecule has 0 unspecified atom stereocenters. The lowest BCUT2D eigenvalue weighted by atomic mass is 10.1. The zero-order chi connectivity index (χ0) is 16.4. The van der Waals surface area contributed by atoms with Gasteiger partial charge < -0.3 is 4.98 Å². The number of nitrogens with zero attached hydrogens (tertiary/aromatic N) is 1. The van der Waals surface area contributed by atoms with Crippen LogP contribution in [0.15, 0.2) is 29.5 Å². The van der Waals surface area contributed by atoms with Gasteiger partial charge >= 0.3 is 0 Å². The molecular formula is C16H19N3O3S. The average molecular weight is 333 g/mol. The number of carbonyl (C=O) groups is 1. The fraction of sp³-hybridized carbons (Fsp3) is 0.375. The molecule has 1 atom stereocenters. The SMILES string of the molecule is CCc1cccc2c(/C=N/NC(=O)[C@H]3CCS(=O)(=O)C3)c[nH]c12. The van der Waals surface area contributed by atoms with Gasteiger partial charge in [0.15, 0.2) is 9.84 Å². The fourth-order valence-corrected chi connectivity index (χ4v) is 4.64. The van der Waals surface area contributed by atoms with Crippen LogP contribution in [0.5, 0.6) is 0 Å². The Hall–Kier alpha value is -2.15. The van der Waals surface area contributed by atoms with Crippen molar-refractivity contribution >= 4 is 32.9 Å². The second-order valence-electron chi connectivity index (χ2n) is 5.77. The summed E-state index contributed by atoms with van der Waals surface area (Å²) >= 11 is 0. The van der Waals surface area contributed by atoms with Gasteiger partial charge in [0.1, 0.15) is 0 Å². The van der Waals surface area contributed by atoms with E-state index >= 15 is 0 Å². The minimum Gasteiger partial charge on any atom is -0.360 e. The van der Waals surface area contributed by atoms with Crippen LogP contribution in [0.2, 0.25) is 0 Å². The molecule has 1 aliphatic heterocycles. The van der Waals surface area contributed by atoms with Crippen molar-refractivity contribution in [2.75, 3.05) is 11.5 Å². The third kappa shape index (κ3) is 3.29. The zero-order valence-electron chi connectivity index (χ0n) is 12.9. The summed E-state index contributed by atoms with van der Waals surface area (Å²) in [5.74, 6) is -0.832. The van der Waals surface area contributed by atoms with E-state index in [4.69, 9.17) is 0 Å². The van der Waals surface area contributed by atoms with Gasteiger partial charge in [0.05, 0.1) is 23.6 Å². The number of amides is 1. The summed E-state index contributed by atoms with van der Waals surface area (Å²) in [6.45, 7) is 2.10. The van der Waals surface area contributed by atoms with Crippen molar-refractivity contribution in [3.05, 3.63) is 35.5 Å². The molecule has 0 radical (unpaired) electrons. The Kier molecular flexibility index (Phi) is 4.21. The number of fused-ring (bicyclic) bond motifs is 1. The van der Waals surface area contributed by atoms with Crippen molar-refractivity contribution in [3.8, 4) is 0 Å². The lowest BCUT2D eigenvalue weighted by Crippen LogP contribution is -2.27. The number of aryl methyl sites for hydroxylation is 1. The molecule has 6 nitrogen and oxygen atoms in total. The Morgan fingerprint density at radius 1 is 1.48 bits per heavy atom. The number of H-pyrrole nitrogens is 1. The topological polar surface area (TPSA) is 91.4 Å². The quantitative estimate of drug-likeness (QED) is 0.658. The highest BCUT2D eigenvalue weighted by Gasteiger charge is 2.32. The second-order valence-corrected chi connectivity index (χ2v) is 8.00. The number of rotatable bonds is 4. The maximum absolute atomic E-state index is 11.9. The summed E-state index contributed by atoms with van der Waals surface area (Å²) in [5, 5.41) is 5.02. The highest BCUT2D eigenvalue weighted by atomic mass is 32.2. The smallest absolute Gasteiger partial charge is 0.244 e. The van der Waals surface area contributed by atoms with Crippen LogP contribution in [-0.2, 0) is 21.1 Å². The largest absolute Gasteiger partial charge is 0.360 e. The number of nitrogens with one attached hydrogen (secondary N) is 2. The van der Waals surface area contributed by atoms with Gasteiger partial charge in [0, 0.05) is 22.7 Å². The number of hydrazone groups is 1. The lowest BCUT2D eigenvalue weighted by molar-refractivity contribution is -0.124. The molecule has 1 aromatic heterocycles. The summed E-state index contributed by atoms with van der Waals surface area (Å²) < 4.78 is 22.8. The summed E-state index contributed by atoms with van der Waals surface area (Å²) in [6.07, 6.45) is 4.73. The number of aromatic amines is 1. The molecule has 0 bridgehead atoms. The lowest BCUT2D eigenvalue weighted by Gasteiger charge is -2.04. The normalized spacial score (nSPS) is 20.3. The Balaban J connectivity index is 1.70. The molecule has 1 amide bonds. The van der Waals surface area contributed by atoms with Gasteiger partial charge in [-0.1, -0.05) is 25.1 Å². The Morgan fingerprint density at radius 2 is 2.30 bits per heavy atom. The van der Waals surface area contributed by atoms with Crippen molar-refractivity contribution in [1.29, 1.82) is 0 Å². The third-order valence-corrected chi connectivity index (χ3v) is 5.96. The minimum atomic E-state index is -3.06. The standard InChI is InChI=1S/C16H19N3O3S/c1-2-11-4-3-5-14-13(8-17-15(11)14)9-18-19-16(20)12-6-7-23(21,22)10-12/h3-5,8-9,12,17H,2,6-7,10H2,1H3,(H,19,20)/b18-9+/t12-/m0/s1. The van der Waals surface area contributed by atoms with Gasteiger partial charge in [-0.25, -0.2) is 13.8 Å². The van der Waals surface area contributed by atoms with E-state index in [1.54, 1.807) is 6.21 Å². The summed E-state index contributed by atoms with van der Waals surface area (Å²) in [7, 11) is -3.06. The molecule has 2 aromatic rings. The second kappa shape index (κ2) is 6.16. The van der Waals surface area contributed by atoms with E-state index in [2.05, 4.69) is 28.5 Å². The molecule has 1 aromatic carbocycles. The van der Waals surface area contributed by atoms with E-state index in [1.165, 1.54) is 5.56 Å². The first-order valence-corrected chi connectivity index (χ1v) is 9.44. The van der Waals surface area contributed by atoms with Gasteiger partial charge in [-0.05, 0) is 18.4 Å². The number of aromatic nitrogens is 1. The summed E-state index contributed by atoms with van der Waals surface area (Å²) in [6, 6.07) is 6.06. The van der Waals surface area contributed by atoms with E-state index < -0.39 is 15.8 Å². The molecule has 0 aliphatic carbocycles. The first-order chi connectivity index (χ1) is 11.0. The van der Waals surface area contributed by atoms with Crippen LogP contribution < -0.4 is 5.43 Å². The van der Waals surface area contributed by atoms with Crippen LogP contribution >= 0.6 is 0 Å². The Bertz CT molecular complexity index is 868. The Labute approximate surface area is 134 Å². The predicted molar refractivity (Wildman–Crippen MR) is 90.2 cm³/mol. The fourth-order valence-electron chi connectivity index (χ4n) is 2.90. The van der Waals surface area contributed by atoms with Crippen molar-refractivity contribution in [1.82, 2.24) is 10.4 Å². The number of hydrogen-bond donors (Lipinski definition) is 2. The third-order valence-electron chi connectivity index (χ3n) is 4.20. The van der Waals surface area contributed by atoms with Crippen LogP contribution in [0.3, 0.4) is 0 Å². The molecule has 0 spiro atoms. The van der Waals surface area contributed by atoms with Crippen LogP contribution in [0.4, 0.5) is 0 Å². The van der Waals surface area contributed by atoms with Crippen LogP contribution in [0.25, 0.3) is 10.9 Å². The van der Waals surface area contributed by atoms with Crippen LogP contribution in [-0.4, -0.2) is 37.0 Å². The number of para-hydroxylation sites is 1. The van der Waals surface area contributed by atoms with Gasteiger partial charge in [-0.3, -0.25) is 4.79 Å². The molecule has 7 heteroatoms. The van der Waals surface area contributed by atoms with Crippen LogP contribution in [0, 0.1) is 5.92 Å². The van der Waals surface area contributed by atoms with E-state index in [1.807, 2.05) is 18.3 Å². The van der Waals surface area contributed by atoms with E-state index in [9.17, 15) is 13.2 Å². The van der Waals surface area contributed by atoms with Crippen molar-refractivity contribution in [2.45, 2.75) is 19.8 Å². The van der Waals surface area contributed by atoms with E-state index in [0.717, 1.165) is 22.9 Å². The monoisotopic (exact) mass is 333 g/mol. The van der Waals surface area contributed by atoms with Crippen molar-refractivity contribution in [3.63, 3.8) is 0 Å². The van der Waals surface area contributed by atoms with E-state index in [0.29, 0.717) is 6.42 Å². The maximum Gasteiger partial charge on any atom is 0.244 e. The first-order valence-electron chi connectivity index (χ1n) is 7.62. The minimum absolute atomic E-state index is 0.0804. The molecule has 1 aliphatic rings. The number of benzene rings is 1. The highest BCUT2D eigenvalue weighted by Crippen LogP contribution is 2.21. The van der Waals surface area contributed by atoms with Crippen LogP contribution in [0.1, 0.15) is 24.5 Å². The number of sulfone groups is 1. The van der Waals surface area contributed by atoms with Crippen molar-refractivity contribution < 1.29 is 13.2 Å². The van der Waals surface area contributed by atoms with Gasteiger partial charge in [0.25, 0.3) is 0 Å². The number of carbonyl (C=O) groups excluding carboxylic acids is 1. The molecule has 2 N–H and O–H groups in total. The Morgan fingerprint density at radius 3 is 3.00 bits per heavy atom. The molecular weight excluding hydrogens is 314 g/mol. The van der Waals surface area contributed by atoms with Crippen molar-refractivity contribution in [2.24, 2.45) is 11.0 Å². The van der Waals surface area contributed by atoms with E-state index in [-0.39, 0.29) is 17.4 Å². The molecule has 122 valence electrons. The van der Waals surface area contributed by atoms with Gasteiger partial charge in [0.2, 0.25) is 5.91 Å². The molecule has 23 heavy (non-hydrogen) atoms. The number of hydrogen-bond acceptors (Lipinski definition) is 4. The molecule has 3 rings (SSSR count). The predicted octanol–water partition coefficient (Wildman–Crippen LogP) is 1.62. The molecule has 0 saturated carbocycles. The maximum atomic E-state index is 11.9. The molecule has 1 fully saturated rings. The first kappa shape index (κ1) is 15.7. The summed E-state index contributed by atoms with van der Waals surface area (Å²) in [4.78, 5) is 15.2.